The smallest absolute Gasteiger partial charge is 0.325 e. The lowest BCUT2D eigenvalue weighted by Gasteiger charge is -2.25. The molecular weight excluding hydrogens is 360 g/mol. The average molecular weight is 389 g/mol. The summed E-state index contributed by atoms with van der Waals surface area (Å²) in [4.78, 5) is 31.1. The third-order valence-electron chi connectivity index (χ3n) is 3.68. The molecule has 0 spiro atoms. The number of hydrogen-bond acceptors (Lipinski definition) is 4. The SMILES string of the molecule is Cc1cccc(NC(=O)Nc2nc(C(=O)N(CC(C)C)CC(C)C)cs2)c1. The van der Waals surface area contributed by atoms with Crippen molar-refractivity contribution in [2.24, 2.45) is 11.8 Å². The minimum atomic E-state index is -0.379. The van der Waals surface area contributed by atoms with Crippen molar-refractivity contribution >= 4 is 34.1 Å². The second kappa shape index (κ2) is 9.50. The average Bonchev–Trinajstić information content (AvgIpc) is 3.00. The number of aryl methyl sites for hydroxylation is 1. The second-order valence-electron chi connectivity index (χ2n) is 7.48. The van der Waals surface area contributed by atoms with Crippen molar-refractivity contribution in [3.05, 3.63) is 40.9 Å². The maximum absolute atomic E-state index is 12.8. The van der Waals surface area contributed by atoms with E-state index in [4.69, 9.17) is 0 Å². The number of rotatable bonds is 7. The highest BCUT2D eigenvalue weighted by Gasteiger charge is 2.21. The van der Waals surface area contributed by atoms with Gasteiger partial charge >= 0.3 is 6.03 Å². The van der Waals surface area contributed by atoms with E-state index in [1.54, 1.807) is 5.38 Å². The summed E-state index contributed by atoms with van der Waals surface area (Å²) in [5.74, 6) is 0.661. The Morgan fingerprint density at radius 3 is 2.37 bits per heavy atom. The van der Waals surface area contributed by atoms with Crippen LogP contribution in [0, 0.1) is 18.8 Å². The Bertz CT molecular complexity index is 776. The van der Waals surface area contributed by atoms with Crippen LogP contribution in [0.15, 0.2) is 29.6 Å². The van der Waals surface area contributed by atoms with Crippen LogP contribution in [0.3, 0.4) is 0 Å². The molecule has 0 saturated carbocycles. The number of aromatic nitrogens is 1. The van der Waals surface area contributed by atoms with Crippen molar-refractivity contribution < 1.29 is 9.59 Å². The molecule has 0 aliphatic carbocycles. The van der Waals surface area contributed by atoms with Gasteiger partial charge in [-0.25, -0.2) is 9.78 Å². The minimum Gasteiger partial charge on any atom is -0.337 e. The number of benzene rings is 1. The zero-order valence-electron chi connectivity index (χ0n) is 16.6. The molecule has 0 saturated heterocycles. The number of carbonyl (C=O) groups excluding carboxylic acids is 2. The minimum absolute atomic E-state index is 0.0965. The maximum Gasteiger partial charge on any atom is 0.325 e. The molecule has 0 aliphatic rings. The lowest BCUT2D eigenvalue weighted by molar-refractivity contribution is 0.0710. The Morgan fingerprint density at radius 1 is 1.11 bits per heavy atom. The van der Waals surface area contributed by atoms with E-state index in [1.807, 2.05) is 36.1 Å². The van der Waals surface area contributed by atoms with Crippen LogP contribution in [-0.2, 0) is 0 Å². The molecule has 1 aromatic carbocycles. The number of amides is 3. The summed E-state index contributed by atoms with van der Waals surface area (Å²) in [5.41, 5.74) is 2.14. The van der Waals surface area contributed by atoms with E-state index in [9.17, 15) is 9.59 Å². The summed E-state index contributed by atoms with van der Waals surface area (Å²) in [7, 11) is 0. The van der Waals surface area contributed by atoms with Gasteiger partial charge in [-0.05, 0) is 36.5 Å². The summed E-state index contributed by atoms with van der Waals surface area (Å²) in [6.07, 6.45) is 0. The molecular formula is C20H28N4O2S. The maximum atomic E-state index is 12.8. The molecule has 0 unspecified atom stereocenters. The van der Waals surface area contributed by atoms with Gasteiger partial charge in [0.2, 0.25) is 0 Å². The summed E-state index contributed by atoms with van der Waals surface area (Å²) in [6, 6.07) is 7.16. The first-order valence-electron chi connectivity index (χ1n) is 9.14. The van der Waals surface area contributed by atoms with Gasteiger partial charge < -0.3 is 10.2 Å². The Morgan fingerprint density at radius 2 is 1.78 bits per heavy atom. The number of hydrogen-bond donors (Lipinski definition) is 2. The number of nitrogens with one attached hydrogen (secondary N) is 2. The molecule has 0 fully saturated rings. The van der Waals surface area contributed by atoms with E-state index >= 15 is 0 Å². The first-order chi connectivity index (χ1) is 12.7. The standard InChI is InChI=1S/C20H28N4O2S/c1-13(2)10-24(11-14(3)4)18(25)17-12-27-20(22-17)23-19(26)21-16-8-6-7-15(5)9-16/h6-9,12-14H,10-11H2,1-5H3,(H2,21,22,23,26). The number of thiazole rings is 1. The molecule has 1 heterocycles. The third-order valence-corrected chi connectivity index (χ3v) is 4.44. The number of nitrogens with zero attached hydrogens (tertiary/aromatic N) is 2. The van der Waals surface area contributed by atoms with Gasteiger partial charge in [-0.3, -0.25) is 10.1 Å². The highest BCUT2D eigenvalue weighted by atomic mass is 32.1. The lowest BCUT2D eigenvalue weighted by atomic mass is 10.1. The van der Waals surface area contributed by atoms with Crippen molar-refractivity contribution in [3.63, 3.8) is 0 Å². The Labute approximate surface area is 165 Å². The van der Waals surface area contributed by atoms with Gasteiger partial charge in [0.15, 0.2) is 5.13 Å². The van der Waals surface area contributed by atoms with Gasteiger partial charge in [0.25, 0.3) is 5.91 Å². The van der Waals surface area contributed by atoms with E-state index in [2.05, 4.69) is 43.3 Å². The van der Waals surface area contributed by atoms with Gasteiger partial charge in [-0.2, -0.15) is 0 Å². The summed E-state index contributed by atoms with van der Waals surface area (Å²) in [6.45, 7) is 11.7. The van der Waals surface area contributed by atoms with E-state index in [1.165, 1.54) is 11.3 Å². The predicted molar refractivity (Wildman–Crippen MR) is 112 cm³/mol. The largest absolute Gasteiger partial charge is 0.337 e. The Kier molecular flexibility index (Phi) is 7.36. The van der Waals surface area contributed by atoms with Crippen molar-refractivity contribution in [3.8, 4) is 0 Å². The van der Waals surface area contributed by atoms with Gasteiger partial charge in [0, 0.05) is 24.2 Å². The Hall–Kier alpha value is -2.41. The zero-order valence-corrected chi connectivity index (χ0v) is 17.4. The molecule has 2 aromatic rings. The van der Waals surface area contributed by atoms with E-state index < -0.39 is 0 Å². The first kappa shape index (κ1) is 20.9. The fourth-order valence-electron chi connectivity index (χ4n) is 2.70. The van der Waals surface area contributed by atoms with Crippen LogP contribution >= 0.6 is 11.3 Å². The molecule has 1 aromatic heterocycles. The predicted octanol–water partition coefficient (Wildman–Crippen LogP) is 4.85. The fraction of sp³-hybridized carbons (Fsp3) is 0.450. The highest BCUT2D eigenvalue weighted by molar-refractivity contribution is 7.14. The lowest BCUT2D eigenvalue weighted by Crippen LogP contribution is -2.37. The van der Waals surface area contributed by atoms with Crippen molar-refractivity contribution in [1.29, 1.82) is 0 Å². The van der Waals surface area contributed by atoms with Crippen LogP contribution in [-0.4, -0.2) is 34.9 Å². The molecule has 0 atom stereocenters. The summed E-state index contributed by atoms with van der Waals surface area (Å²) < 4.78 is 0. The molecule has 0 bridgehead atoms. The molecule has 2 N–H and O–H groups in total. The van der Waals surface area contributed by atoms with E-state index in [0.717, 1.165) is 5.56 Å². The van der Waals surface area contributed by atoms with Gasteiger partial charge in [-0.15, -0.1) is 11.3 Å². The highest BCUT2D eigenvalue weighted by Crippen LogP contribution is 2.19. The molecule has 27 heavy (non-hydrogen) atoms. The number of carbonyl (C=O) groups is 2. The number of urea groups is 1. The molecule has 6 nitrogen and oxygen atoms in total. The summed E-state index contributed by atoms with van der Waals surface area (Å²) >= 11 is 1.24. The third kappa shape index (κ3) is 6.67. The molecule has 0 radical (unpaired) electrons. The van der Waals surface area contributed by atoms with Crippen LogP contribution in [0.25, 0.3) is 0 Å². The number of anilines is 2. The molecule has 0 aliphatic heterocycles. The molecule has 146 valence electrons. The van der Waals surface area contributed by atoms with Crippen LogP contribution < -0.4 is 10.6 Å². The van der Waals surface area contributed by atoms with Crippen molar-refractivity contribution in [2.75, 3.05) is 23.7 Å². The van der Waals surface area contributed by atoms with Crippen molar-refractivity contribution in [2.45, 2.75) is 34.6 Å². The second-order valence-corrected chi connectivity index (χ2v) is 8.34. The van der Waals surface area contributed by atoms with Crippen LogP contribution in [0.4, 0.5) is 15.6 Å². The van der Waals surface area contributed by atoms with Gasteiger partial charge in [0.1, 0.15) is 5.69 Å². The topological polar surface area (TPSA) is 74.3 Å². The van der Waals surface area contributed by atoms with Gasteiger partial charge in [0.05, 0.1) is 0 Å². The zero-order chi connectivity index (χ0) is 20.0. The van der Waals surface area contributed by atoms with Crippen LogP contribution in [0.5, 0.6) is 0 Å². The van der Waals surface area contributed by atoms with Crippen molar-refractivity contribution in [1.82, 2.24) is 9.88 Å². The monoisotopic (exact) mass is 388 g/mol. The Balaban J connectivity index is 2.01. The van der Waals surface area contributed by atoms with Crippen LogP contribution in [0.1, 0.15) is 43.7 Å². The summed E-state index contributed by atoms with van der Waals surface area (Å²) in [5, 5.41) is 7.55. The molecule has 7 heteroatoms. The molecule has 2 rings (SSSR count). The fourth-order valence-corrected chi connectivity index (χ4v) is 3.38. The molecule has 3 amide bonds. The van der Waals surface area contributed by atoms with E-state index in [-0.39, 0.29) is 11.9 Å². The van der Waals surface area contributed by atoms with Gasteiger partial charge in [-0.1, -0.05) is 39.8 Å². The first-order valence-corrected chi connectivity index (χ1v) is 10.0. The van der Waals surface area contributed by atoms with Crippen LogP contribution in [0.2, 0.25) is 0 Å². The van der Waals surface area contributed by atoms with E-state index in [0.29, 0.717) is 41.4 Å². The quantitative estimate of drug-likeness (QED) is 0.712. The normalized spacial score (nSPS) is 10.9.